The van der Waals surface area contributed by atoms with E-state index in [9.17, 15) is 8.42 Å². The van der Waals surface area contributed by atoms with Gasteiger partial charge in [0.15, 0.2) is 5.84 Å². The summed E-state index contributed by atoms with van der Waals surface area (Å²) < 4.78 is 32.4. The Morgan fingerprint density at radius 3 is 2.53 bits per heavy atom. The summed E-state index contributed by atoms with van der Waals surface area (Å²) in [5, 5.41) is 11.4. The molecule has 0 heterocycles. The second-order valence-corrected chi connectivity index (χ2v) is 5.29. The van der Waals surface area contributed by atoms with Crippen molar-refractivity contribution in [2.24, 2.45) is 16.8 Å². The third-order valence-corrected chi connectivity index (χ3v) is 3.13. The van der Waals surface area contributed by atoms with E-state index in [0.29, 0.717) is 0 Å². The molecular formula is C8H20N4O4S. The zero-order valence-electron chi connectivity index (χ0n) is 10.2. The van der Waals surface area contributed by atoms with Gasteiger partial charge >= 0.3 is 0 Å². The van der Waals surface area contributed by atoms with E-state index in [1.54, 1.807) is 13.8 Å². The number of nitrogens with zero attached hydrogens (tertiary/aromatic N) is 1. The van der Waals surface area contributed by atoms with E-state index >= 15 is 0 Å². The Morgan fingerprint density at radius 1 is 1.53 bits per heavy atom. The third-order valence-electron chi connectivity index (χ3n) is 1.98. The van der Waals surface area contributed by atoms with Crippen LogP contribution >= 0.6 is 0 Å². The lowest BCUT2D eigenvalue weighted by Gasteiger charge is -2.20. The van der Waals surface area contributed by atoms with Gasteiger partial charge < -0.3 is 15.7 Å². The molecule has 1 atom stereocenters. The second-order valence-electron chi connectivity index (χ2n) is 3.75. The maximum absolute atomic E-state index is 11.6. The summed E-state index contributed by atoms with van der Waals surface area (Å²) in [6, 6.07) is -0.764. The van der Waals surface area contributed by atoms with Gasteiger partial charge in [-0.1, -0.05) is 19.0 Å². The van der Waals surface area contributed by atoms with E-state index in [1.165, 1.54) is 7.11 Å². The number of rotatable bonds is 8. The van der Waals surface area contributed by atoms with Crippen LogP contribution in [-0.4, -0.2) is 45.8 Å². The predicted molar refractivity (Wildman–Crippen MR) is 64.0 cm³/mol. The van der Waals surface area contributed by atoms with Crippen LogP contribution in [0.15, 0.2) is 5.16 Å². The molecule has 0 bridgehead atoms. The lowest BCUT2D eigenvalue weighted by molar-refractivity contribution is 0.204. The standard InChI is InChI=1S/C8H20N4O4S/c1-6(2)7(8(9)11-13)12-17(14,15)10-4-5-16-3/h6-7,10,12-13H,4-5H2,1-3H3,(H2,9,11). The zero-order chi connectivity index (χ0) is 13.5. The van der Waals surface area contributed by atoms with Gasteiger partial charge in [-0.15, -0.1) is 0 Å². The first-order chi connectivity index (χ1) is 7.84. The quantitative estimate of drug-likeness (QED) is 0.145. The molecular weight excluding hydrogens is 248 g/mol. The van der Waals surface area contributed by atoms with Crippen LogP contribution in [0.1, 0.15) is 13.8 Å². The summed E-state index contributed by atoms with van der Waals surface area (Å²) in [6.45, 7) is 3.91. The van der Waals surface area contributed by atoms with Crippen LogP contribution in [0, 0.1) is 5.92 Å². The van der Waals surface area contributed by atoms with Gasteiger partial charge in [0.1, 0.15) is 0 Å². The summed E-state index contributed by atoms with van der Waals surface area (Å²) >= 11 is 0. The van der Waals surface area contributed by atoms with Gasteiger partial charge in [0, 0.05) is 13.7 Å². The fourth-order valence-electron chi connectivity index (χ4n) is 1.09. The number of amidine groups is 1. The van der Waals surface area contributed by atoms with E-state index in [1.807, 2.05) is 0 Å². The summed E-state index contributed by atoms with van der Waals surface area (Å²) in [7, 11) is -2.24. The summed E-state index contributed by atoms with van der Waals surface area (Å²) in [5.41, 5.74) is 5.40. The number of nitrogens with one attached hydrogen (secondary N) is 2. The highest BCUT2D eigenvalue weighted by Gasteiger charge is 2.24. The topological polar surface area (TPSA) is 126 Å². The molecule has 0 radical (unpaired) electrons. The Labute approximate surface area is 101 Å². The molecule has 17 heavy (non-hydrogen) atoms. The van der Waals surface area contributed by atoms with Crippen LogP contribution < -0.4 is 15.2 Å². The summed E-state index contributed by atoms with van der Waals surface area (Å²) in [4.78, 5) is 0. The van der Waals surface area contributed by atoms with E-state index in [2.05, 4.69) is 14.6 Å². The molecule has 0 aromatic carbocycles. The van der Waals surface area contributed by atoms with Crippen molar-refractivity contribution in [3.8, 4) is 0 Å². The van der Waals surface area contributed by atoms with Crippen LogP contribution in [-0.2, 0) is 14.9 Å². The zero-order valence-corrected chi connectivity index (χ0v) is 11.0. The highest BCUT2D eigenvalue weighted by atomic mass is 32.2. The van der Waals surface area contributed by atoms with Gasteiger partial charge in [-0.25, -0.2) is 0 Å². The first-order valence-corrected chi connectivity index (χ1v) is 6.55. The molecule has 102 valence electrons. The molecule has 0 rings (SSSR count). The molecule has 0 amide bonds. The molecule has 0 aliphatic carbocycles. The maximum Gasteiger partial charge on any atom is 0.277 e. The van der Waals surface area contributed by atoms with Gasteiger partial charge in [0.2, 0.25) is 0 Å². The molecule has 9 heteroatoms. The smallest absolute Gasteiger partial charge is 0.277 e. The van der Waals surface area contributed by atoms with Crippen molar-refractivity contribution in [3.05, 3.63) is 0 Å². The van der Waals surface area contributed by atoms with Crippen molar-refractivity contribution in [1.82, 2.24) is 9.44 Å². The highest BCUT2D eigenvalue weighted by Crippen LogP contribution is 2.02. The minimum atomic E-state index is -3.71. The lowest BCUT2D eigenvalue weighted by Crippen LogP contribution is -2.51. The van der Waals surface area contributed by atoms with Gasteiger partial charge in [-0.3, -0.25) is 0 Å². The first-order valence-electron chi connectivity index (χ1n) is 5.07. The van der Waals surface area contributed by atoms with E-state index in [0.717, 1.165) is 0 Å². The Hall–Kier alpha value is -0.900. The number of nitrogens with two attached hydrogens (primary N) is 1. The van der Waals surface area contributed by atoms with Crippen molar-refractivity contribution in [2.45, 2.75) is 19.9 Å². The summed E-state index contributed by atoms with van der Waals surface area (Å²) in [6.07, 6.45) is 0. The fourth-order valence-corrected chi connectivity index (χ4v) is 2.25. The van der Waals surface area contributed by atoms with E-state index in [4.69, 9.17) is 15.7 Å². The molecule has 0 aromatic heterocycles. The van der Waals surface area contributed by atoms with Crippen LogP contribution in [0.3, 0.4) is 0 Å². The normalized spacial score (nSPS) is 15.2. The SMILES string of the molecule is COCCNS(=O)(=O)NC(C(N)=NO)C(C)C. The molecule has 8 nitrogen and oxygen atoms in total. The van der Waals surface area contributed by atoms with Crippen LogP contribution in [0.5, 0.6) is 0 Å². The van der Waals surface area contributed by atoms with Gasteiger partial charge in [-0.2, -0.15) is 17.9 Å². The van der Waals surface area contributed by atoms with Crippen molar-refractivity contribution >= 4 is 16.0 Å². The average molecular weight is 268 g/mol. The minimum Gasteiger partial charge on any atom is -0.409 e. The van der Waals surface area contributed by atoms with Crippen molar-refractivity contribution in [1.29, 1.82) is 0 Å². The molecule has 0 aliphatic rings. The molecule has 5 N–H and O–H groups in total. The molecule has 1 unspecified atom stereocenters. The van der Waals surface area contributed by atoms with Gasteiger partial charge in [-0.05, 0) is 5.92 Å². The number of methoxy groups -OCH3 is 1. The third kappa shape index (κ3) is 6.41. The Kier molecular flexibility index (Phi) is 7.04. The van der Waals surface area contributed by atoms with Crippen molar-refractivity contribution < 1.29 is 18.4 Å². The van der Waals surface area contributed by atoms with Crippen LogP contribution in [0.2, 0.25) is 0 Å². The molecule has 0 aromatic rings. The van der Waals surface area contributed by atoms with Crippen molar-refractivity contribution in [2.75, 3.05) is 20.3 Å². The molecule has 0 fully saturated rings. The fraction of sp³-hybridized carbons (Fsp3) is 0.875. The second kappa shape index (κ2) is 7.43. The van der Waals surface area contributed by atoms with Gasteiger partial charge in [0.05, 0.1) is 12.6 Å². The average Bonchev–Trinajstić information content (AvgIpc) is 2.25. The number of hydrogen-bond donors (Lipinski definition) is 4. The Morgan fingerprint density at radius 2 is 2.12 bits per heavy atom. The summed E-state index contributed by atoms with van der Waals surface area (Å²) in [5.74, 6) is -0.331. The minimum absolute atomic E-state index is 0.146. The molecule has 0 saturated heterocycles. The van der Waals surface area contributed by atoms with Crippen LogP contribution in [0.4, 0.5) is 0 Å². The first kappa shape index (κ1) is 16.1. The van der Waals surface area contributed by atoms with Crippen molar-refractivity contribution in [3.63, 3.8) is 0 Å². The maximum atomic E-state index is 11.6. The number of oxime groups is 1. The van der Waals surface area contributed by atoms with Gasteiger partial charge in [0.25, 0.3) is 10.2 Å². The Bertz CT molecular complexity index is 341. The monoisotopic (exact) mass is 268 g/mol. The lowest BCUT2D eigenvalue weighted by atomic mass is 10.1. The Balaban J connectivity index is 4.54. The molecule has 0 saturated carbocycles. The number of ether oxygens (including phenoxy) is 1. The van der Waals surface area contributed by atoms with E-state index < -0.39 is 16.3 Å². The predicted octanol–water partition coefficient (Wildman–Crippen LogP) is -1.17. The molecule has 0 aliphatic heterocycles. The highest BCUT2D eigenvalue weighted by molar-refractivity contribution is 7.87. The van der Waals surface area contributed by atoms with E-state index in [-0.39, 0.29) is 24.9 Å². The number of hydrogen-bond acceptors (Lipinski definition) is 5. The van der Waals surface area contributed by atoms with Crippen LogP contribution in [0.25, 0.3) is 0 Å². The largest absolute Gasteiger partial charge is 0.409 e. The molecule has 0 spiro atoms.